The standard InChI is InChI=1S/C12H25N3O2S/c13-6-11-18(16,17)15-9-7-14(8-10-15)12-4-2-1-3-5-12/h12H,1-11,13H2. The highest BCUT2D eigenvalue weighted by Gasteiger charge is 2.29. The number of hydrogen-bond donors (Lipinski definition) is 1. The molecule has 2 rings (SSSR count). The molecule has 1 aliphatic heterocycles. The normalized spacial score (nSPS) is 25.4. The molecule has 1 aliphatic carbocycles. The van der Waals surface area contributed by atoms with Crippen molar-refractivity contribution in [2.24, 2.45) is 5.73 Å². The molecule has 0 aromatic rings. The maximum Gasteiger partial charge on any atom is 0.215 e. The first-order valence-electron chi connectivity index (χ1n) is 7.05. The van der Waals surface area contributed by atoms with Crippen molar-refractivity contribution in [1.82, 2.24) is 9.21 Å². The molecule has 2 N–H and O–H groups in total. The Kier molecular flexibility index (Phi) is 5.00. The summed E-state index contributed by atoms with van der Waals surface area (Å²) in [4.78, 5) is 2.48. The fourth-order valence-electron chi connectivity index (χ4n) is 3.07. The average molecular weight is 275 g/mol. The van der Waals surface area contributed by atoms with Crippen molar-refractivity contribution >= 4 is 10.0 Å². The smallest absolute Gasteiger partial charge is 0.215 e. The fraction of sp³-hybridized carbons (Fsp3) is 1.00. The van der Waals surface area contributed by atoms with Crippen LogP contribution in [-0.4, -0.2) is 62.1 Å². The number of nitrogens with two attached hydrogens (primary N) is 1. The molecule has 18 heavy (non-hydrogen) atoms. The summed E-state index contributed by atoms with van der Waals surface area (Å²) in [7, 11) is -3.11. The van der Waals surface area contributed by atoms with E-state index in [1.54, 1.807) is 4.31 Å². The lowest BCUT2D eigenvalue weighted by Crippen LogP contribution is -2.53. The topological polar surface area (TPSA) is 66.6 Å². The molecule has 0 aromatic carbocycles. The molecule has 0 atom stereocenters. The Morgan fingerprint density at radius 1 is 1.00 bits per heavy atom. The van der Waals surface area contributed by atoms with Crippen LogP contribution in [-0.2, 0) is 10.0 Å². The first kappa shape index (κ1) is 14.2. The predicted molar refractivity (Wildman–Crippen MR) is 72.9 cm³/mol. The molecule has 0 spiro atoms. The molecular formula is C12H25N3O2S. The molecule has 0 amide bonds. The van der Waals surface area contributed by atoms with Gasteiger partial charge in [0.1, 0.15) is 0 Å². The number of nitrogens with zero attached hydrogens (tertiary/aromatic N) is 2. The van der Waals surface area contributed by atoms with Gasteiger partial charge in [-0.1, -0.05) is 19.3 Å². The van der Waals surface area contributed by atoms with E-state index in [4.69, 9.17) is 5.73 Å². The van der Waals surface area contributed by atoms with E-state index in [1.165, 1.54) is 32.1 Å². The maximum absolute atomic E-state index is 11.9. The van der Waals surface area contributed by atoms with E-state index in [9.17, 15) is 8.42 Å². The monoisotopic (exact) mass is 275 g/mol. The van der Waals surface area contributed by atoms with Crippen LogP contribution in [0, 0.1) is 0 Å². The summed E-state index contributed by atoms with van der Waals surface area (Å²) in [5.74, 6) is 0.0798. The van der Waals surface area contributed by atoms with Crippen LogP contribution >= 0.6 is 0 Å². The molecule has 6 heteroatoms. The van der Waals surface area contributed by atoms with E-state index in [2.05, 4.69) is 4.90 Å². The molecule has 0 radical (unpaired) electrons. The van der Waals surface area contributed by atoms with Crippen molar-refractivity contribution < 1.29 is 8.42 Å². The third-order valence-electron chi connectivity index (χ3n) is 4.13. The molecule has 1 heterocycles. The van der Waals surface area contributed by atoms with Gasteiger partial charge in [-0.15, -0.1) is 0 Å². The Morgan fingerprint density at radius 2 is 1.61 bits per heavy atom. The zero-order valence-corrected chi connectivity index (χ0v) is 11.9. The summed E-state index contributed by atoms with van der Waals surface area (Å²) in [6, 6.07) is 0.693. The second kappa shape index (κ2) is 6.32. The van der Waals surface area contributed by atoms with E-state index in [0.29, 0.717) is 19.1 Å². The van der Waals surface area contributed by atoms with Gasteiger partial charge in [-0.05, 0) is 12.8 Å². The minimum Gasteiger partial charge on any atom is -0.329 e. The Morgan fingerprint density at radius 3 is 2.17 bits per heavy atom. The van der Waals surface area contributed by atoms with E-state index >= 15 is 0 Å². The van der Waals surface area contributed by atoms with Gasteiger partial charge >= 0.3 is 0 Å². The lowest BCUT2D eigenvalue weighted by molar-refractivity contribution is 0.111. The van der Waals surface area contributed by atoms with Crippen molar-refractivity contribution in [1.29, 1.82) is 0 Å². The van der Waals surface area contributed by atoms with Crippen molar-refractivity contribution in [3.63, 3.8) is 0 Å². The fourth-order valence-corrected chi connectivity index (χ4v) is 4.35. The highest BCUT2D eigenvalue weighted by Crippen LogP contribution is 2.23. The highest BCUT2D eigenvalue weighted by molar-refractivity contribution is 7.89. The van der Waals surface area contributed by atoms with Gasteiger partial charge in [-0.3, -0.25) is 4.90 Å². The Bertz CT molecular complexity index is 344. The summed E-state index contributed by atoms with van der Waals surface area (Å²) in [5, 5.41) is 0. The number of piperazine rings is 1. The second-order valence-corrected chi connectivity index (χ2v) is 7.42. The molecule has 2 aliphatic rings. The third kappa shape index (κ3) is 3.44. The lowest BCUT2D eigenvalue weighted by atomic mass is 9.94. The van der Waals surface area contributed by atoms with Crippen LogP contribution in [0.3, 0.4) is 0 Å². The van der Waals surface area contributed by atoms with Gasteiger partial charge in [0.25, 0.3) is 0 Å². The molecule has 0 bridgehead atoms. The number of hydrogen-bond acceptors (Lipinski definition) is 4. The van der Waals surface area contributed by atoms with Crippen molar-refractivity contribution in [2.75, 3.05) is 38.5 Å². The van der Waals surface area contributed by atoms with Crippen molar-refractivity contribution in [3.8, 4) is 0 Å². The van der Waals surface area contributed by atoms with Gasteiger partial charge < -0.3 is 5.73 Å². The minimum atomic E-state index is -3.11. The molecular weight excluding hydrogens is 250 g/mol. The molecule has 2 fully saturated rings. The van der Waals surface area contributed by atoms with Crippen LogP contribution in [0.1, 0.15) is 32.1 Å². The summed E-state index contributed by atoms with van der Waals surface area (Å²) >= 11 is 0. The van der Waals surface area contributed by atoms with Crippen LogP contribution in [0.5, 0.6) is 0 Å². The lowest BCUT2D eigenvalue weighted by Gasteiger charge is -2.40. The Balaban J connectivity index is 1.84. The second-order valence-electron chi connectivity index (χ2n) is 5.33. The average Bonchev–Trinajstić information content (AvgIpc) is 2.40. The third-order valence-corrected chi connectivity index (χ3v) is 6.04. The molecule has 0 unspecified atom stereocenters. The minimum absolute atomic E-state index is 0.0798. The molecule has 0 aromatic heterocycles. The summed E-state index contributed by atoms with van der Waals surface area (Å²) in [6.45, 7) is 3.26. The van der Waals surface area contributed by atoms with E-state index in [-0.39, 0.29) is 12.3 Å². The summed E-state index contributed by atoms with van der Waals surface area (Å²) in [6.07, 6.45) is 6.60. The van der Waals surface area contributed by atoms with Crippen LogP contribution in [0.2, 0.25) is 0 Å². The van der Waals surface area contributed by atoms with E-state index < -0.39 is 10.0 Å². The van der Waals surface area contributed by atoms with E-state index in [1.807, 2.05) is 0 Å². The van der Waals surface area contributed by atoms with Crippen molar-refractivity contribution in [2.45, 2.75) is 38.1 Å². The number of sulfonamides is 1. The van der Waals surface area contributed by atoms with Gasteiger partial charge in [0.15, 0.2) is 0 Å². The predicted octanol–water partition coefficient (Wildman–Crippen LogP) is 0.225. The van der Waals surface area contributed by atoms with Gasteiger partial charge in [-0.2, -0.15) is 4.31 Å². The Labute approximate surface area is 110 Å². The quantitative estimate of drug-likeness (QED) is 0.797. The van der Waals surface area contributed by atoms with Crippen LogP contribution in [0.15, 0.2) is 0 Å². The highest BCUT2D eigenvalue weighted by atomic mass is 32.2. The Hall–Kier alpha value is -0.170. The maximum atomic E-state index is 11.9. The number of rotatable bonds is 4. The molecule has 5 nitrogen and oxygen atoms in total. The largest absolute Gasteiger partial charge is 0.329 e. The van der Waals surface area contributed by atoms with Gasteiger partial charge in [0.2, 0.25) is 10.0 Å². The van der Waals surface area contributed by atoms with Gasteiger partial charge in [0, 0.05) is 38.8 Å². The van der Waals surface area contributed by atoms with E-state index in [0.717, 1.165) is 13.1 Å². The van der Waals surface area contributed by atoms with Crippen LogP contribution in [0.4, 0.5) is 0 Å². The van der Waals surface area contributed by atoms with Gasteiger partial charge in [0.05, 0.1) is 5.75 Å². The zero-order chi connectivity index (χ0) is 13.0. The van der Waals surface area contributed by atoms with Crippen molar-refractivity contribution in [3.05, 3.63) is 0 Å². The van der Waals surface area contributed by atoms with Crippen LogP contribution in [0.25, 0.3) is 0 Å². The summed E-state index contributed by atoms with van der Waals surface area (Å²) < 4.78 is 25.4. The first-order chi connectivity index (χ1) is 8.63. The first-order valence-corrected chi connectivity index (χ1v) is 8.66. The molecule has 1 saturated heterocycles. The van der Waals surface area contributed by atoms with Gasteiger partial charge in [-0.25, -0.2) is 8.42 Å². The summed E-state index contributed by atoms with van der Waals surface area (Å²) in [5.41, 5.74) is 5.35. The zero-order valence-electron chi connectivity index (χ0n) is 11.1. The molecule has 1 saturated carbocycles. The SMILES string of the molecule is NCCS(=O)(=O)N1CCN(C2CCCCC2)CC1. The van der Waals surface area contributed by atoms with Crippen LogP contribution < -0.4 is 5.73 Å². The molecule has 106 valence electrons.